The molecule has 0 aromatic heterocycles. The lowest BCUT2D eigenvalue weighted by Gasteiger charge is -2.29. The Labute approximate surface area is 220 Å². The molecule has 0 heterocycles. The molecule has 0 unspecified atom stereocenters. The molecule has 0 saturated heterocycles. The first kappa shape index (κ1) is 30.3. The summed E-state index contributed by atoms with van der Waals surface area (Å²) in [6, 6.07) is 15.8. The van der Waals surface area contributed by atoms with E-state index < -0.39 is 24.1 Å². The Balaban J connectivity index is 1.90. The average molecular weight is 514 g/mol. The molecule has 2 aromatic rings. The van der Waals surface area contributed by atoms with E-state index in [0.717, 1.165) is 16.9 Å². The Kier molecular flexibility index (Phi) is 12.6. The van der Waals surface area contributed by atoms with Crippen LogP contribution >= 0.6 is 0 Å². The molecule has 0 bridgehead atoms. The van der Waals surface area contributed by atoms with Crippen LogP contribution in [0.5, 0.6) is 5.75 Å². The van der Waals surface area contributed by atoms with Gasteiger partial charge in [-0.05, 0) is 41.5 Å². The lowest BCUT2D eigenvalue weighted by Crippen LogP contribution is -2.52. The first-order valence-electron chi connectivity index (χ1n) is 12.9. The van der Waals surface area contributed by atoms with Crippen LogP contribution in [0.2, 0.25) is 0 Å². The largest absolute Gasteiger partial charge is 0.497 e. The molecule has 5 N–H and O–H groups in total. The summed E-state index contributed by atoms with van der Waals surface area (Å²) >= 11 is 0. The second-order valence-electron chi connectivity index (χ2n) is 10.1. The number of aliphatic hydroxyl groups is 1. The van der Waals surface area contributed by atoms with Crippen LogP contribution in [0.15, 0.2) is 54.6 Å². The molecule has 2 amide bonds. The van der Waals surface area contributed by atoms with Crippen LogP contribution in [0, 0.1) is 17.8 Å². The van der Waals surface area contributed by atoms with Crippen molar-refractivity contribution in [2.75, 3.05) is 13.7 Å². The molecule has 8 nitrogen and oxygen atoms in total. The van der Waals surface area contributed by atoms with Crippen LogP contribution in [0.25, 0.3) is 0 Å². The van der Waals surface area contributed by atoms with Gasteiger partial charge < -0.3 is 30.9 Å². The summed E-state index contributed by atoms with van der Waals surface area (Å²) in [6.45, 7) is 8.48. The van der Waals surface area contributed by atoms with Gasteiger partial charge in [0.2, 0.25) is 11.8 Å². The fraction of sp³-hybridized carbons (Fsp3) is 0.517. The molecule has 0 spiro atoms. The van der Waals surface area contributed by atoms with Crippen LogP contribution in [0.1, 0.15) is 45.2 Å². The molecule has 0 aliphatic rings. The van der Waals surface area contributed by atoms with Gasteiger partial charge in [-0.1, -0.05) is 70.2 Å². The van der Waals surface area contributed by atoms with Gasteiger partial charge in [-0.3, -0.25) is 9.59 Å². The maximum absolute atomic E-state index is 13.2. The number of ether oxygens (including phenoxy) is 2. The van der Waals surface area contributed by atoms with E-state index in [9.17, 15) is 14.7 Å². The van der Waals surface area contributed by atoms with E-state index in [1.54, 1.807) is 7.11 Å². The number of carbonyl (C=O) groups excluding carboxylic acids is 2. The number of hydrogen-bond acceptors (Lipinski definition) is 6. The maximum atomic E-state index is 13.2. The molecule has 2 rings (SSSR count). The first-order valence-corrected chi connectivity index (χ1v) is 12.9. The molecular formula is C29H43N3O5. The number of amides is 2. The number of aliphatic hydroxyl groups excluding tert-OH is 1. The van der Waals surface area contributed by atoms with Crippen LogP contribution < -0.4 is 21.1 Å². The molecule has 204 valence electrons. The van der Waals surface area contributed by atoms with Crippen LogP contribution in [0.3, 0.4) is 0 Å². The van der Waals surface area contributed by atoms with Crippen LogP contribution in [-0.2, 0) is 27.5 Å². The predicted molar refractivity (Wildman–Crippen MR) is 145 cm³/mol. The van der Waals surface area contributed by atoms with Crippen molar-refractivity contribution in [3.63, 3.8) is 0 Å². The minimum absolute atomic E-state index is 0.0558. The van der Waals surface area contributed by atoms with E-state index in [1.165, 1.54) is 0 Å². The van der Waals surface area contributed by atoms with Crippen LogP contribution in [-0.4, -0.2) is 48.8 Å². The second-order valence-corrected chi connectivity index (χ2v) is 10.1. The fourth-order valence-corrected chi connectivity index (χ4v) is 3.99. The van der Waals surface area contributed by atoms with E-state index in [4.69, 9.17) is 15.2 Å². The van der Waals surface area contributed by atoms with Gasteiger partial charge in [-0.15, -0.1) is 0 Å². The number of methoxy groups -OCH3 is 1. The predicted octanol–water partition coefficient (Wildman–Crippen LogP) is 3.02. The molecule has 2 aromatic carbocycles. The SMILES string of the molecule is COc1cccc(COC[C@H](N)[C@@H](O)C[C@H](C(=O)N[C@H](C(=O)NCc2ccccc2)C(C)C)C(C)C)c1. The number of nitrogens with two attached hydrogens (primary N) is 1. The molecule has 8 heteroatoms. The Bertz CT molecular complexity index is 967. The Morgan fingerprint density at radius 3 is 2.24 bits per heavy atom. The molecule has 4 atom stereocenters. The zero-order valence-electron chi connectivity index (χ0n) is 22.6. The minimum atomic E-state index is -0.937. The summed E-state index contributed by atoms with van der Waals surface area (Å²) in [5.74, 6) is -0.443. The lowest BCUT2D eigenvalue weighted by atomic mass is 9.87. The third-order valence-corrected chi connectivity index (χ3v) is 6.40. The number of rotatable bonds is 15. The van der Waals surface area contributed by atoms with Crippen molar-refractivity contribution < 1.29 is 24.2 Å². The van der Waals surface area contributed by atoms with Crippen molar-refractivity contribution in [3.05, 3.63) is 65.7 Å². The monoisotopic (exact) mass is 513 g/mol. The summed E-state index contributed by atoms with van der Waals surface area (Å²) in [5.41, 5.74) is 8.10. The second kappa shape index (κ2) is 15.3. The van der Waals surface area contributed by atoms with Gasteiger partial charge in [-0.2, -0.15) is 0 Å². The summed E-state index contributed by atoms with van der Waals surface area (Å²) in [4.78, 5) is 26.1. The zero-order valence-corrected chi connectivity index (χ0v) is 22.6. The average Bonchev–Trinajstić information content (AvgIpc) is 2.88. The summed E-state index contributed by atoms with van der Waals surface area (Å²) in [5, 5.41) is 16.6. The highest BCUT2D eigenvalue weighted by Crippen LogP contribution is 2.20. The van der Waals surface area contributed by atoms with Crippen molar-refractivity contribution >= 4 is 11.8 Å². The van der Waals surface area contributed by atoms with Crippen molar-refractivity contribution in [2.24, 2.45) is 23.5 Å². The lowest BCUT2D eigenvalue weighted by molar-refractivity contribution is -0.134. The van der Waals surface area contributed by atoms with Crippen LogP contribution in [0.4, 0.5) is 0 Å². The highest BCUT2D eigenvalue weighted by Gasteiger charge is 2.32. The Hall–Kier alpha value is -2.94. The van der Waals surface area contributed by atoms with Gasteiger partial charge in [0, 0.05) is 12.5 Å². The summed E-state index contributed by atoms with van der Waals surface area (Å²) < 4.78 is 10.9. The molecular weight excluding hydrogens is 470 g/mol. The van der Waals surface area contributed by atoms with Crippen molar-refractivity contribution in [1.29, 1.82) is 0 Å². The maximum Gasteiger partial charge on any atom is 0.243 e. The van der Waals surface area contributed by atoms with Gasteiger partial charge in [0.25, 0.3) is 0 Å². The molecule has 0 fully saturated rings. The molecule has 0 radical (unpaired) electrons. The molecule has 0 saturated carbocycles. The van der Waals surface area contributed by atoms with Crippen molar-refractivity contribution in [2.45, 2.75) is 65.5 Å². The first-order chi connectivity index (χ1) is 17.6. The third kappa shape index (κ3) is 10.1. The smallest absolute Gasteiger partial charge is 0.243 e. The van der Waals surface area contributed by atoms with Gasteiger partial charge in [0.05, 0.1) is 32.5 Å². The van der Waals surface area contributed by atoms with E-state index in [0.29, 0.717) is 13.2 Å². The normalized spacial score (nSPS) is 14.6. The van der Waals surface area contributed by atoms with Gasteiger partial charge in [-0.25, -0.2) is 0 Å². The highest BCUT2D eigenvalue weighted by atomic mass is 16.5. The fourth-order valence-electron chi connectivity index (χ4n) is 3.99. The number of benzene rings is 2. The topological polar surface area (TPSA) is 123 Å². The standard InChI is InChI=1S/C29H43N3O5/c1-19(2)24(15-26(33)25(30)18-37-17-22-12-9-13-23(14-22)36-5)28(34)32-27(20(3)4)29(35)31-16-21-10-7-6-8-11-21/h6-14,19-20,24-27,33H,15-18,30H2,1-5H3,(H,31,35)(H,32,34)/t24-,25-,26-,27-/m0/s1. The number of hydrogen-bond donors (Lipinski definition) is 4. The molecule has 37 heavy (non-hydrogen) atoms. The quantitative estimate of drug-likeness (QED) is 0.290. The highest BCUT2D eigenvalue weighted by molar-refractivity contribution is 5.88. The van der Waals surface area contributed by atoms with Crippen molar-refractivity contribution in [1.82, 2.24) is 10.6 Å². The van der Waals surface area contributed by atoms with E-state index in [1.807, 2.05) is 82.3 Å². The van der Waals surface area contributed by atoms with Gasteiger partial charge >= 0.3 is 0 Å². The van der Waals surface area contributed by atoms with E-state index >= 15 is 0 Å². The van der Waals surface area contributed by atoms with Gasteiger partial charge in [0.1, 0.15) is 11.8 Å². The summed E-state index contributed by atoms with van der Waals surface area (Å²) in [6.07, 6.45) is -0.767. The van der Waals surface area contributed by atoms with E-state index in [2.05, 4.69) is 10.6 Å². The minimum Gasteiger partial charge on any atom is -0.497 e. The Morgan fingerprint density at radius 2 is 1.62 bits per heavy atom. The van der Waals surface area contributed by atoms with Gasteiger partial charge in [0.15, 0.2) is 0 Å². The third-order valence-electron chi connectivity index (χ3n) is 6.40. The number of nitrogens with one attached hydrogen (secondary N) is 2. The molecule has 0 aliphatic heterocycles. The molecule has 0 aliphatic carbocycles. The number of carbonyl (C=O) groups is 2. The Morgan fingerprint density at radius 1 is 0.946 bits per heavy atom. The zero-order chi connectivity index (χ0) is 27.4. The summed E-state index contributed by atoms with van der Waals surface area (Å²) in [7, 11) is 1.61. The van der Waals surface area contributed by atoms with Crippen molar-refractivity contribution in [3.8, 4) is 5.75 Å². The van der Waals surface area contributed by atoms with E-state index in [-0.39, 0.29) is 36.7 Å².